The van der Waals surface area contributed by atoms with E-state index in [9.17, 15) is 9.59 Å². The molecule has 6 heteroatoms. The highest BCUT2D eigenvalue weighted by atomic mass is 16.3. The zero-order valence-corrected chi connectivity index (χ0v) is 12.8. The Morgan fingerprint density at radius 3 is 2.77 bits per heavy atom. The second-order valence-electron chi connectivity index (χ2n) is 5.79. The van der Waals surface area contributed by atoms with Crippen molar-refractivity contribution in [2.24, 2.45) is 0 Å². The molecule has 1 fully saturated rings. The van der Waals surface area contributed by atoms with Crippen LogP contribution in [0.5, 0.6) is 0 Å². The minimum atomic E-state index is -0.252. The highest BCUT2D eigenvalue weighted by Crippen LogP contribution is 2.29. The van der Waals surface area contributed by atoms with Crippen molar-refractivity contribution < 1.29 is 9.21 Å². The first-order valence-corrected chi connectivity index (χ1v) is 7.41. The molecule has 0 unspecified atom stereocenters. The van der Waals surface area contributed by atoms with Crippen molar-refractivity contribution in [3.05, 3.63) is 51.8 Å². The molecule has 0 radical (unpaired) electrons. The molecule has 0 bridgehead atoms. The third-order valence-corrected chi connectivity index (χ3v) is 3.72. The molecule has 116 valence electrons. The van der Waals surface area contributed by atoms with Gasteiger partial charge in [0.2, 0.25) is 5.91 Å². The largest absolute Gasteiger partial charge is 0.464 e. The average molecular weight is 301 g/mol. The van der Waals surface area contributed by atoms with E-state index in [2.05, 4.69) is 5.10 Å². The van der Waals surface area contributed by atoms with Crippen LogP contribution in [0.25, 0.3) is 0 Å². The lowest BCUT2D eigenvalue weighted by atomic mass is 10.3. The summed E-state index contributed by atoms with van der Waals surface area (Å²) in [6, 6.07) is 5.50. The maximum atomic E-state index is 12.5. The Morgan fingerprint density at radius 1 is 1.41 bits per heavy atom. The van der Waals surface area contributed by atoms with Gasteiger partial charge < -0.3 is 9.32 Å². The van der Waals surface area contributed by atoms with Gasteiger partial charge in [0.25, 0.3) is 5.56 Å². The van der Waals surface area contributed by atoms with Gasteiger partial charge in [-0.1, -0.05) is 0 Å². The van der Waals surface area contributed by atoms with Crippen LogP contribution in [-0.4, -0.2) is 26.6 Å². The minimum absolute atomic E-state index is 0.0324. The summed E-state index contributed by atoms with van der Waals surface area (Å²) in [4.78, 5) is 26.2. The molecule has 2 heterocycles. The summed E-state index contributed by atoms with van der Waals surface area (Å²) in [7, 11) is 0. The number of amides is 1. The number of carbonyl (C=O) groups is 1. The van der Waals surface area contributed by atoms with Crippen LogP contribution in [0.15, 0.2) is 33.6 Å². The number of hydrogen-bond donors (Lipinski definition) is 0. The van der Waals surface area contributed by atoms with E-state index < -0.39 is 0 Å². The van der Waals surface area contributed by atoms with Crippen molar-refractivity contribution in [2.75, 3.05) is 0 Å². The summed E-state index contributed by atoms with van der Waals surface area (Å²) in [5.74, 6) is 1.49. The number of rotatable bonds is 5. The van der Waals surface area contributed by atoms with Crippen LogP contribution in [-0.2, 0) is 17.9 Å². The van der Waals surface area contributed by atoms with Gasteiger partial charge in [0.1, 0.15) is 18.1 Å². The molecule has 1 amide bonds. The number of carbonyl (C=O) groups excluding carboxylic acids is 1. The first kappa shape index (κ1) is 14.6. The molecule has 0 aliphatic heterocycles. The average Bonchev–Trinajstić information content (AvgIpc) is 3.22. The number of aromatic nitrogens is 2. The van der Waals surface area contributed by atoms with Gasteiger partial charge in [-0.15, -0.1) is 0 Å². The molecular formula is C16H19N3O3. The molecule has 1 saturated carbocycles. The molecule has 0 atom stereocenters. The van der Waals surface area contributed by atoms with Crippen molar-refractivity contribution in [1.29, 1.82) is 0 Å². The van der Waals surface area contributed by atoms with Crippen molar-refractivity contribution in [3.8, 4) is 0 Å². The molecular weight excluding hydrogens is 282 g/mol. The monoisotopic (exact) mass is 301 g/mol. The summed E-state index contributed by atoms with van der Waals surface area (Å²) < 4.78 is 6.76. The van der Waals surface area contributed by atoms with Gasteiger partial charge in [-0.3, -0.25) is 9.59 Å². The zero-order chi connectivity index (χ0) is 15.7. The highest BCUT2D eigenvalue weighted by molar-refractivity contribution is 5.76. The van der Waals surface area contributed by atoms with Crippen LogP contribution in [0, 0.1) is 13.8 Å². The number of nitrogens with zero attached hydrogens (tertiary/aromatic N) is 3. The van der Waals surface area contributed by atoms with E-state index in [1.54, 1.807) is 18.0 Å². The molecule has 3 rings (SSSR count). The fourth-order valence-corrected chi connectivity index (χ4v) is 2.41. The maximum Gasteiger partial charge on any atom is 0.267 e. The molecule has 6 nitrogen and oxygen atoms in total. The summed E-state index contributed by atoms with van der Waals surface area (Å²) in [5.41, 5.74) is 0.539. The summed E-state index contributed by atoms with van der Waals surface area (Å²) >= 11 is 0. The third kappa shape index (κ3) is 3.27. The van der Waals surface area contributed by atoms with Gasteiger partial charge >= 0.3 is 0 Å². The summed E-state index contributed by atoms with van der Waals surface area (Å²) in [6.07, 6.45) is 3.59. The van der Waals surface area contributed by atoms with Crippen molar-refractivity contribution >= 4 is 5.91 Å². The first-order valence-electron chi connectivity index (χ1n) is 7.41. The topological polar surface area (TPSA) is 68.3 Å². The molecule has 2 aromatic rings. The van der Waals surface area contributed by atoms with Gasteiger partial charge in [0.15, 0.2) is 0 Å². The van der Waals surface area contributed by atoms with E-state index in [1.807, 2.05) is 19.1 Å². The Hall–Kier alpha value is -2.37. The van der Waals surface area contributed by atoms with Crippen LogP contribution < -0.4 is 5.56 Å². The predicted molar refractivity (Wildman–Crippen MR) is 80.3 cm³/mol. The van der Waals surface area contributed by atoms with Crippen LogP contribution in [0.3, 0.4) is 0 Å². The number of aryl methyl sites for hydroxylation is 2. The smallest absolute Gasteiger partial charge is 0.267 e. The lowest BCUT2D eigenvalue weighted by Crippen LogP contribution is -2.38. The number of hydrogen-bond acceptors (Lipinski definition) is 4. The van der Waals surface area contributed by atoms with Gasteiger partial charge in [0, 0.05) is 12.1 Å². The molecule has 0 saturated heterocycles. The SMILES string of the molecule is Cc1cnn(CC(=O)N(Cc2ccc(C)o2)C2CC2)c(=O)c1. The molecule has 0 N–H and O–H groups in total. The van der Waals surface area contributed by atoms with E-state index >= 15 is 0 Å². The van der Waals surface area contributed by atoms with E-state index in [1.165, 1.54) is 10.7 Å². The van der Waals surface area contributed by atoms with Crippen LogP contribution in [0.2, 0.25) is 0 Å². The van der Waals surface area contributed by atoms with Crippen LogP contribution >= 0.6 is 0 Å². The normalized spacial score (nSPS) is 14.1. The van der Waals surface area contributed by atoms with Crippen LogP contribution in [0.4, 0.5) is 0 Å². The fraction of sp³-hybridized carbons (Fsp3) is 0.438. The zero-order valence-electron chi connectivity index (χ0n) is 12.8. The predicted octanol–water partition coefficient (Wildman–Crippen LogP) is 1.64. The second kappa shape index (κ2) is 5.79. The highest BCUT2D eigenvalue weighted by Gasteiger charge is 2.33. The molecule has 0 spiro atoms. The number of furan rings is 1. The Morgan fingerprint density at radius 2 is 2.18 bits per heavy atom. The maximum absolute atomic E-state index is 12.5. The van der Waals surface area contributed by atoms with Crippen LogP contribution in [0.1, 0.15) is 29.9 Å². The van der Waals surface area contributed by atoms with Crippen molar-refractivity contribution in [3.63, 3.8) is 0 Å². The Labute approximate surface area is 128 Å². The van der Waals surface area contributed by atoms with E-state index in [4.69, 9.17) is 4.42 Å². The van der Waals surface area contributed by atoms with Gasteiger partial charge in [0.05, 0.1) is 12.7 Å². The van der Waals surface area contributed by atoms with E-state index in [-0.39, 0.29) is 24.1 Å². The van der Waals surface area contributed by atoms with Crippen molar-refractivity contribution in [1.82, 2.24) is 14.7 Å². The minimum Gasteiger partial charge on any atom is -0.464 e. The van der Waals surface area contributed by atoms with E-state index in [0.717, 1.165) is 29.9 Å². The molecule has 2 aromatic heterocycles. The Bertz CT molecular complexity index is 743. The lowest BCUT2D eigenvalue weighted by molar-refractivity contribution is -0.133. The fourth-order valence-electron chi connectivity index (χ4n) is 2.41. The second-order valence-corrected chi connectivity index (χ2v) is 5.79. The Kier molecular flexibility index (Phi) is 3.83. The molecule has 1 aliphatic carbocycles. The molecule has 0 aromatic carbocycles. The van der Waals surface area contributed by atoms with Gasteiger partial charge in [-0.05, 0) is 44.4 Å². The Balaban J connectivity index is 1.74. The third-order valence-electron chi connectivity index (χ3n) is 3.72. The van der Waals surface area contributed by atoms with Gasteiger partial charge in [-0.2, -0.15) is 5.10 Å². The summed E-state index contributed by atoms with van der Waals surface area (Å²) in [6.45, 7) is 4.09. The lowest BCUT2D eigenvalue weighted by Gasteiger charge is -2.21. The summed E-state index contributed by atoms with van der Waals surface area (Å²) in [5, 5.41) is 4.02. The van der Waals surface area contributed by atoms with Crippen molar-refractivity contribution in [2.45, 2.75) is 45.8 Å². The van der Waals surface area contributed by atoms with Gasteiger partial charge in [-0.25, -0.2) is 4.68 Å². The molecule has 1 aliphatic rings. The van der Waals surface area contributed by atoms with E-state index in [0.29, 0.717) is 6.54 Å². The molecule has 22 heavy (non-hydrogen) atoms. The standard InChI is InChI=1S/C16H19N3O3/c1-11-7-15(20)19(17-8-11)10-16(21)18(13-4-5-13)9-14-6-3-12(2)22-14/h3,6-8,13H,4-5,9-10H2,1-2H3. The quantitative estimate of drug-likeness (QED) is 0.842. The first-order chi connectivity index (χ1) is 10.5.